The van der Waals surface area contributed by atoms with Gasteiger partial charge < -0.3 is 33.8 Å². The minimum Gasteiger partial charge on any atom is -0.462 e. The molecule has 2 unspecified atom stereocenters. The van der Waals surface area contributed by atoms with Crippen LogP contribution >= 0.6 is 15.6 Å². The Bertz CT molecular complexity index is 2090. The Morgan fingerprint density at radius 2 is 0.514 bits per heavy atom. The van der Waals surface area contributed by atoms with Crippen molar-refractivity contribution in [2.24, 2.45) is 5.92 Å². The fourth-order valence-electron chi connectivity index (χ4n) is 12.9. The maximum Gasteiger partial charge on any atom is 0.472 e. The summed E-state index contributed by atoms with van der Waals surface area (Å²) in [6.45, 7) is 7.33. The van der Waals surface area contributed by atoms with Crippen molar-refractivity contribution < 1.29 is 80.2 Å². The molecule has 0 aliphatic rings. The molecule has 0 bridgehead atoms. The molecule has 0 amide bonds. The van der Waals surface area contributed by atoms with Crippen molar-refractivity contribution in [2.45, 2.75) is 457 Å². The predicted octanol–water partition coefficient (Wildman–Crippen LogP) is 25.9. The van der Waals surface area contributed by atoms with E-state index in [4.69, 9.17) is 37.0 Å². The average Bonchev–Trinajstić information content (AvgIpc) is 0.985. The van der Waals surface area contributed by atoms with Crippen molar-refractivity contribution in [3.05, 3.63) is 24.3 Å². The number of hydrogen-bond acceptors (Lipinski definition) is 15. The first-order valence-electron chi connectivity index (χ1n) is 44.0. The Balaban J connectivity index is 5.27. The van der Waals surface area contributed by atoms with E-state index < -0.39 is 97.5 Å². The molecule has 5 atom stereocenters. The van der Waals surface area contributed by atoms with Crippen LogP contribution in [0.15, 0.2) is 24.3 Å². The SMILES string of the molecule is CCCCCC/C=C\C=C/CCCCCCCC(=O)O[C@H](COC(=O)CCCCCCCCCCCCCC)COP(=O)(O)OC[C@H](O)COP(=O)(O)OC[C@@H](COC(=O)CCCCCCCCCCCCCCCCCCC)OC(=O)CCCCCCCCCCCCCCCCCCCCC(C)C. The highest BCUT2D eigenvalue weighted by Gasteiger charge is 2.30. The summed E-state index contributed by atoms with van der Waals surface area (Å²) in [4.78, 5) is 73.2. The molecule has 0 aliphatic carbocycles. The third-order valence-corrected chi connectivity index (χ3v) is 21.6. The lowest BCUT2D eigenvalue weighted by Crippen LogP contribution is -2.30. The number of esters is 4. The summed E-state index contributed by atoms with van der Waals surface area (Å²) in [6, 6.07) is 0. The Morgan fingerprint density at radius 1 is 0.295 bits per heavy atom. The molecule has 620 valence electrons. The number of aliphatic hydroxyl groups excluding tert-OH is 1. The molecular formula is C86H164O17P2. The number of allylic oxidation sites excluding steroid dienone is 4. The molecular weight excluding hydrogens is 1370 g/mol. The maximum absolute atomic E-state index is 13.1. The van der Waals surface area contributed by atoms with Gasteiger partial charge in [-0.15, -0.1) is 0 Å². The zero-order chi connectivity index (χ0) is 76.9. The summed E-state index contributed by atoms with van der Waals surface area (Å²) < 4.78 is 68.9. The van der Waals surface area contributed by atoms with E-state index in [1.807, 2.05) is 0 Å². The second-order valence-corrected chi connectivity index (χ2v) is 33.6. The molecule has 17 nitrogen and oxygen atoms in total. The van der Waals surface area contributed by atoms with Crippen molar-refractivity contribution in [3.63, 3.8) is 0 Å². The van der Waals surface area contributed by atoms with Gasteiger partial charge in [-0.1, -0.05) is 386 Å². The van der Waals surface area contributed by atoms with Gasteiger partial charge in [0.05, 0.1) is 26.4 Å². The van der Waals surface area contributed by atoms with Crippen LogP contribution in [0, 0.1) is 5.92 Å². The van der Waals surface area contributed by atoms with Gasteiger partial charge in [-0.2, -0.15) is 0 Å². The second-order valence-electron chi connectivity index (χ2n) is 30.7. The lowest BCUT2D eigenvalue weighted by molar-refractivity contribution is -0.161. The van der Waals surface area contributed by atoms with E-state index in [9.17, 15) is 43.2 Å². The maximum atomic E-state index is 13.1. The third-order valence-electron chi connectivity index (χ3n) is 19.7. The highest BCUT2D eigenvalue weighted by molar-refractivity contribution is 7.47. The van der Waals surface area contributed by atoms with Crippen molar-refractivity contribution in [2.75, 3.05) is 39.6 Å². The summed E-state index contributed by atoms with van der Waals surface area (Å²) in [5.74, 6) is -1.31. The number of rotatable bonds is 84. The number of phosphoric ester groups is 2. The Morgan fingerprint density at radius 3 is 0.781 bits per heavy atom. The standard InChI is InChI=1S/C86H164O17P2/c1-6-9-12-15-18-21-24-27-29-32-37-40-45-50-55-60-65-70-84(89)97-76-82(103-86(91)72-67-62-57-52-47-42-38-34-31-30-33-36-39-43-48-53-58-63-68-79(4)5)78-101-105(94,95)99-74-80(87)73-98-104(92,93)100-77-81(75-96-83(88)69-64-59-54-49-44-26-23-20-17-14-11-8-3)102-85(90)71-66-61-56-51-46-41-35-28-25-22-19-16-13-10-7-2/h22,25,28,35,79-82,87H,6-21,23-24,26-27,29-34,36-78H2,1-5H3,(H,92,93)(H,94,95)/b25-22-,35-28-/t80-,81+,82+/m0/s1. The van der Waals surface area contributed by atoms with Gasteiger partial charge in [0.15, 0.2) is 12.2 Å². The van der Waals surface area contributed by atoms with E-state index in [1.54, 1.807) is 0 Å². The zero-order valence-corrected chi connectivity index (χ0v) is 70.1. The number of carbonyl (C=O) groups excluding carboxylic acids is 4. The average molecular weight is 1530 g/mol. The van der Waals surface area contributed by atoms with Gasteiger partial charge in [-0.25, -0.2) is 9.13 Å². The fraction of sp³-hybridized carbons (Fsp3) is 0.907. The van der Waals surface area contributed by atoms with Crippen molar-refractivity contribution >= 4 is 39.5 Å². The number of hydrogen-bond donors (Lipinski definition) is 3. The van der Waals surface area contributed by atoms with Gasteiger partial charge in [0.1, 0.15) is 19.3 Å². The first-order chi connectivity index (χ1) is 51.0. The molecule has 0 aliphatic heterocycles. The van der Waals surface area contributed by atoms with Crippen molar-refractivity contribution in [1.29, 1.82) is 0 Å². The van der Waals surface area contributed by atoms with E-state index in [-0.39, 0.29) is 25.7 Å². The van der Waals surface area contributed by atoms with Gasteiger partial charge >= 0.3 is 39.5 Å². The Labute approximate surface area is 643 Å². The fourth-order valence-corrected chi connectivity index (χ4v) is 14.5. The zero-order valence-electron chi connectivity index (χ0n) is 68.4. The van der Waals surface area contributed by atoms with Gasteiger partial charge in [0.25, 0.3) is 0 Å². The van der Waals surface area contributed by atoms with Crippen LogP contribution in [-0.4, -0.2) is 96.7 Å². The summed E-state index contributed by atoms with van der Waals surface area (Å²) >= 11 is 0. The molecule has 0 spiro atoms. The minimum atomic E-state index is -4.97. The van der Waals surface area contributed by atoms with Crippen LogP contribution in [0.4, 0.5) is 0 Å². The van der Waals surface area contributed by atoms with Crippen molar-refractivity contribution in [3.8, 4) is 0 Å². The van der Waals surface area contributed by atoms with Crippen LogP contribution in [0.25, 0.3) is 0 Å². The number of unbranched alkanes of at least 4 members (excludes halogenated alkanes) is 53. The lowest BCUT2D eigenvalue weighted by Gasteiger charge is -2.21. The summed E-state index contributed by atoms with van der Waals surface area (Å²) in [5.41, 5.74) is 0. The van der Waals surface area contributed by atoms with Gasteiger partial charge in [-0.05, 0) is 57.3 Å². The van der Waals surface area contributed by atoms with E-state index >= 15 is 0 Å². The van der Waals surface area contributed by atoms with Crippen LogP contribution < -0.4 is 0 Å². The predicted molar refractivity (Wildman–Crippen MR) is 432 cm³/mol. The number of phosphoric acid groups is 2. The molecule has 0 saturated heterocycles. The van der Waals surface area contributed by atoms with E-state index in [0.29, 0.717) is 25.7 Å². The van der Waals surface area contributed by atoms with Crippen LogP contribution in [0.3, 0.4) is 0 Å². The first kappa shape index (κ1) is 103. The van der Waals surface area contributed by atoms with Gasteiger partial charge in [0, 0.05) is 25.7 Å². The largest absolute Gasteiger partial charge is 0.472 e. The molecule has 19 heteroatoms. The highest BCUT2D eigenvalue weighted by atomic mass is 31.2. The molecule has 3 N–H and O–H groups in total. The van der Waals surface area contributed by atoms with Crippen LogP contribution in [0.2, 0.25) is 0 Å². The van der Waals surface area contributed by atoms with Gasteiger partial charge in [0.2, 0.25) is 0 Å². The normalized spacial score (nSPS) is 13.9. The molecule has 0 aromatic carbocycles. The van der Waals surface area contributed by atoms with Crippen LogP contribution in [-0.2, 0) is 65.4 Å². The Hall–Kier alpha value is -2.46. The molecule has 0 heterocycles. The number of aliphatic hydroxyl groups is 1. The lowest BCUT2D eigenvalue weighted by atomic mass is 10.0. The number of ether oxygens (including phenoxy) is 4. The number of carbonyl (C=O) groups is 4. The molecule has 105 heavy (non-hydrogen) atoms. The minimum absolute atomic E-state index is 0.0859. The highest BCUT2D eigenvalue weighted by Crippen LogP contribution is 2.45. The first-order valence-corrected chi connectivity index (χ1v) is 46.9. The van der Waals surface area contributed by atoms with E-state index in [0.717, 1.165) is 109 Å². The van der Waals surface area contributed by atoms with Crippen LogP contribution in [0.5, 0.6) is 0 Å². The van der Waals surface area contributed by atoms with E-state index in [1.165, 1.54) is 250 Å². The molecule has 0 aromatic heterocycles. The van der Waals surface area contributed by atoms with E-state index in [2.05, 4.69) is 58.9 Å². The quantitative estimate of drug-likeness (QED) is 0.0169. The summed E-state index contributed by atoms with van der Waals surface area (Å²) in [7, 11) is -9.94. The third kappa shape index (κ3) is 79.4. The Kier molecular flexibility index (Phi) is 76.4. The second kappa shape index (κ2) is 78.2. The topological polar surface area (TPSA) is 237 Å². The summed E-state index contributed by atoms with van der Waals surface area (Å²) in [6.07, 6.45) is 74.3. The monoisotopic (exact) mass is 1530 g/mol. The smallest absolute Gasteiger partial charge is 0.462 e. The molecule has 0 fully saturated rings. The summed E-state index contributed by atoms with van der Waals surface area (Å²) in [5, 5.41) is 10.7. The van der Waals surface area contributed by atoms with Gasteiger partial charge in [-0.3, -0.25) is 37.3 Å². The molecule has 0 radical (unpaired) electrons. The molecule has 0 rings (SSSR count). The van der Waals surface area contributed by atoms with Crippen LogP contribution in [0.1, 0.15) is 439 Å². The molecule has 0 saturated carbocycles. The van der Waals surface area contributed by atoms with Crippen molar-refractivity contribution in [1.82, 2.24) is 0 Å². The molecule has 0 aromatic rings.